The zero-order valence-corrected chi connectivity index (χ0v) is 10.2. The number of fused-ring (bicyclic) bond motifs is 1. The van der Waals surface area contributed by atoms with E-state index in [0.29, 0.717) is 0 Å². The third-order valence-electron chi connectivity index (χ3n) is 3.36. The molecular formula is C16H18. The largest absolute Gasteiger partial charge is 0.0701 e. The molecule has 82 valence electrons. The van der Waals surface area contributed by atoms with Crippen molar-refractivity contribution in [1.29, 1.82) is 0 Å². The van der Waals surface area contributed by atoms with E-state index < -0.39 is 0 Å². The summed E-state index contributed by atoms with van der Waals surface area (Å²) in [6.45, 7) is 6.65. The van der Waals surface area contributed by atoms with Crippen LogP contribution in [0.2, 0.25) is 0 Å². The highest BCUT2D eigenvalue weighted by molar-refractivity contribution is 5.93. The lowest BCUT2D eigenvalue weighted by atomic mass is 9.95. The van der Waals surface area contributed by atoms with E-state index in [1.54, 1.807) is 0 Å². The average Bonchev–Trinajstić information content (AvgIpc) is 2.36. The topological polar surface area (TPSA) is 0 Å². The van der Waals surface area contributed by atoms with Gasteiger partial charge in [-0.05, 0) is 42.2 Å². The molecule has 2 aromatic carbocycles. The second-order valence-electron chi connectivity index (χ2n) is 4.29. The van der Waals surface area contributed by atoms with Crippen LogP contribution in [0.5, 0.6) is 0 Å². The van der Waals surface area contributed by atoms with E-state index in [4.69, 9.17) is 0 Å². The Labute approximate surface area is 97.6 Å². The number of hydrogen-bond acceptors (Lipinski definition) is 0. The smallest absolute Gasteiger partial charge is 0.0109 e. The maximum atomic E-state index is 2.22. The highest BCUT2D eigenvalue weighted by Crippen LogP contribution is 2.27. The van der Waals surface area contributed by atoms with Crippen molar-refractivity contribution < 1.29 is 0 Å². The minimum atomic E-state index is 1.12. The molecule has 0 spiro atoms. The van der Waals surface area contributed by atoms with Gasteiger partial charge in [0.2, 0.25) is 0 Å². The Bertz CT molecular complexity index is 527. The first-order valence-corrected chi connectivity index (χ1v) is 5.88. The van der Waals surface area contributed by atoms with Crippen LogP contribution in [0.3, 0.4) is 0 Å². The van der Waals surface area contributed by atoms with Crippen LogP contribution in [-0.4, -0.2) is 0 Å². The van der Waals surface area contributed by atoms with Gasteiger partial charge in [0.15, 0.2) is 0 Å². The maximum Gasteiger partial charge on any atom is -0.0109 e. The maximum absolute atomic E-state index is 2.22. The van der Waals surface area contributed by atoms with E-state index in [0.717, 1.165) is 6.42 Å². The van der Waals surface area contributed by atoms with Gasteiger partial charge in [0.05, 0.1) is 0 Å². The lowest BCUT2D eigenvalue weighted by molar-refractivity contribution is 1.10. The molecule has 16 heavy (non-hydrogen) atoms. The van der Waals surface area contributed by atoms with E-state index in [2.05, 4.69) is 63.2 Å². The number of hydrogen-bond donors (Lipinski definition) is 0. The zero-order valence-electron chi connectivity index (χ0n) is 10.2. The lowest BCUT2D eigenvalue weighted by Gasteiger charge is -2.09. The Morgan fingerprint density at radius 3 is 2.38 bits per heavy atom. The molecule has 0 N–H and O–H groups in total. The fourth-order valence-corrected chi connectivity index (χ4v) is 2.05. The van der Waals surface area contributed by atoms with Crippen LogP contribution in [0.25, 0.3) is 16.3 Å². The van der Waals surface area contributed by atoms with E-state index in [1.807, 2.05) is 0 Å². The average molecular weight is 210 g/mol. The number of rotatable bonds is 2. The first kappa shape index (κ1) is 10.9. The summed E-state index contributed by atoms with van der Waals surface area (Å²) in [6.07, 6.45) is 1.12. The predicted molar refractivity (Wildman–Crippen MR) is 72.5 cm³/mol. The highest BCUT2D eigenvalue weighted by Gasteiger charge is 2.03. The standard InChI is InChI=1S/C16H18/c1-4-12(2)13(3)15-11-7-9-14-8-5-6-10-16(14)15/h5-11H,4H2,1-3H3. The molecule has 0 nitrogen and oxygen atoms in total. The monoisotopic (exact) mass is 210 g/mol. The van der Waals surface area contributed by atoms with Gasteiger partial charge in [0.1, 0.15) is 0 Å². The second-order valence-corrected chi connectivity index (χ2v) is 4.29. The summed E-state index contributed by atoms with van der Waals surface area (Å²) in [4.78, 5) is 0. The van der Waals surface area contributed by atoms with E-state index in [1.165, 1.54) is 27.5 Å². The Balaban J connectivity index is 2.70. The van der Waals surface area contributed by atoms with Gasteiger partial charge >= 0.3 is 0 Å². The zero-order chi connectivity index (χ0) is 11.5. The molecule has 0 fully saturated rings. The number of allylic oxidation sites excluding steroid dienone is 2. The summed E-state index contributed by atoms with van der Waals surface area (Å²) < 4.78 is 0. The minimum Gasteiger partial charge on any atom is -0.0701 e. The summed E-state index contributed by atoms with van der Waals surface area (Å²) >= 11 is 0. The van der Waals surface area contributed by atoms with Gasteiger partial charge in [-0.25, -0.2) is 0 Å². The molecule has 0 heterocycles. The fraction of sp³-hybridized carbons (Fsp3) is 0.250. The third kappa shape index (κ3) is 1.88. The van der Waals surface area contributed by atoms with Crippen LogP contribution in [0, 0.1) is 0 Å². The summed E-state index contributed by atoms with van der Waals surface area (Å²) in [5, 5.41) is 2.68. The van der Waals surface area contributed by atoms with Crippen LogP contribution < -0.4 is 0 Å². The van der Waals surface area contributed by atoms with Gasteiger partial charge in [0.25, 0.3) is 0 Å². The van der Waals surface area contributed by atoms with Crippen LogP contribution in [0.15, 0.2) is 48.0 Å². The molecule has 0 amide bonds. The van der Waals surface area contributed by atoms with Gasteiger partial charge in [-0.1, -0.05) is 55.0 Å². The van der Waals surface area contributed by atoms with Crippen LogP contribution in [0.1, 0.15) is 32.8 Å². The van der Waals surface area contributed by atoms with Crippen molar-refractivity contribution >= 4 is 16.3 Å². The quantitative estimate of drug-likeness (QED) is 0.651. The van der Waals surface area contributed by atoms with E-state index in [9.17, 15) is 0 Å². The lowest BCUT2D eigenvalue weighted by Crippen LogP contribution is -1.86. The van der Waals surface area contributed by atoms with Crippen molar-refractivity contribution in [3.63, 3.8) is 0 Å². The molecule has 0 radical (unpaired) electrons. The van der Waals surface area contributed by atoms with Gasteiger partial charge in [0, 0.05) is 0 Å². The van der Waals surface area contributed by atoms with Gasteiger partial charge in [-0.3, -0.25) is 0 Å². The molecule has 2 rings (SSSR count). The third-order valence-corrected chi connectivity index (χ3v) is 3.36. The first-order valence-electron chi connectivity index (χ1n) is 5.88. The molecule has 2 aromatic rings. The molecule has 0 aliphatic carbocycles. The number of benzene rings is 2. The van der Waals surface area contributed by atoms with Crippen LogP contribution in [0.4, 0.5) is 0 Å². The molecule has 0 bridgehead atoms. The molecule has 0 unspecified atom stereocenters. The van der Waals surface area contributed by atoms with Crippen molar-refractivity contribution in [1.82, 2.24) is 0 Å². The van der Waals surface area contributed by atoms with Crippen LogP contribution in [-0.2, 0) is 0 Å². The van der Waals surface area contributed by atoms with Crippen LogP contribution >= 0.6 is 0 Å². The van der Waals surface area contributed by atoms with E-state index >= 15 is 0 Å². The molecule has 0 saturated carbocycles. The SMILES string of the molecule is CCC(C)=C(C)c1cccc2ccccc12. The molecule has 0 aliphatic heterocycles. The van der Waals surface area contributed by atoms with Crippen molar-refractivity contribution in [3.8, 4) is 0 Å². The Morgan fingerprint density at radius 2 is 1.62 bits per heavy atom. The second kappa shape index (κ2) is 4.52. The Morgan fingerprint density at radius 1 is 0.938 bits per heavy atom. The summed E-state index contributed by atoms with van der Waals surface area (Å²) in [6, 6.07) is 15.1. The predicted octanol–water partition coefficient (Wildman–Crippen LogP) is 5.04. The summed E-state index contributed by atoms with van der Waals surface area (Å²) in [5.74, 6) is 0. The molecule has 0 saturated heterocycles. The Kier molecular flexibility index (Phi) is 3.09. The summed E-state index contributed by atoms with van der Waals surface area (Å²) in [5.41, 5.74) is 4.26. The Hall–Kier alpha value is -1.56. The van der Waals surface area contributed by atoms with Crippen molar-refractivity contribution in [3.05, 3.63) is 53.6 Å². The molecular weight excluding hydrogens is 192 g/mol. The van der Waals surface area contributed by atoms with Gasteiger partial charge in [-0.2, -0.15) is 0 Å². The van der Waals surface area contributed by atoms with Gasteiger partial charge in [-0.15, -0.1) is 0 Å². The molecule has 0 aromatic heterocycles. The summed E-state index contributed by atoms with van der Waals surface area (Å²) in [7, 11) is 0. The van der Waals surface area contributed by atoms with Crippen molar-refractivity contribution in [2.45, 2.75) is 27.2 Å². The minimum absolute atomic E-state index is 1.12. The molecule has 0 heteroatoms. The highest BCUT2D eigenvalue weighted by atomic mass is 14.1. The van der Waals surface area contributed by atoms with Gasteiger partial charge < -0.3 is 0 Å². The normalized spacial score (nSPS) is 12.7. The molecule has 0 atom stereocenters. The fourth-order valence-electron chi connectivity index (χ4n) is 2.05. The van der Waals surface area contributed by atoms with E-state index in [-0.39, 0.29) is 0 Å². The van der Waals surface area contributed by atoms with Crippen molar-refractivity contribution in [2.24, 2.45) is 0 Å². The van der Waals surface area contributed by atoms with Crippen molar-refractivity contribution in [2.75, 3.05) is 0 Å². The first-order chi connectivity index (χ1) is 7.74. The molecule has 0 aliphatic rings.